The molecular weight excluding hydrogens is 326 g/mol. The van der Waals surface area contributed by atoms with Gasteiger partial charge in [0.1, 0.15) is 0 Å². The van der Waals surface area contributed by atoms with Crippen LogP contribution >= 0.6 is 12.4 Å². The predicted molar refractivity (Wildman–Crippen MR) is 98.0 cm³/mol. The van der Waals surface area contributed by atoms with Crippen molar-refractivity contribution in [2.45, 2.75) is 51.1 Å². The number of carbonyl (C=O) groups excluding carboxylic acids is 2. The number of hydrogen-bond donors (Lipinski definition) is 2. The first-order valence-electron chi connectivity index (χ1n) is 8.47. The first kappa shape index (κ1) is 20.5. The van der Waals surface area contributed by atoms with Crippen LogP contribution in [-0.4, -0.2) is 41.9 Å². The van der Waals surface area contributed by atoms with Crippen LogP contribution in [0.15, 0.2) is 30.3 Å². The van der Waals surface area contributed by atoms with E-state index in [2.05, 4.69) is 5.32 Å². The molecule has 1 saturated heterocycles. The molecule has 1 heterocycles. The molecule has 1 aromatic rings. The quantitative estimate of drug-likeness (QED) is 0.786. The first-order chi connectivity index (χ1) is 11.1. The molecule has 0 aliphatic carbocycles. The standard InChI is InChI=1S/C18H27N3O2.ClH/c1-2-6-16(19)18(23)20-15-11-12-21(13-15)17(22)10-9-14-7-4-3-5-8-14;/h3-5,7-8,15-16H,2,6,9-13,19H2,1H3,(H,20,23);1H. The van der Waals surface area contributed by atoms with Gasteiger partial charge in [-0.15, -0.1) is 12.4 Å². The van der Waals surface area contributed by atoms with Crippen molar-refractivity contribution in [3.05, 3.63) is 35.9 Å². The molecule has 1 aliphatic heterocycles. The molecule has 2 unspecified atom stereocenters. The third-order valence-electron chi connectivity index (χ3n) is 4.29. The van der Waals surface area contributed by atoms with Gasteiger partial charge < -0.3 is 16.0 Å². The molecule has 2 amide bonds. The van der Waals surface area contributed by atoms with Crippen LogP contribution < -0.4 is 11.1 Å². The number of aryl methyl sites for hydroxylation is 1. The van der Waals surface area contributed by atoms with E-state index >= 15 is 0 Å². The maximum Gasteiger partial charge on any atom is 0.237 e. The van der Waals surface area contributed by atoms with Gasteiger partial charge in [-0.3, -0.25) is 9.59 Å². The summed E-state index contributed by atoms with van der Waals surface area (Å²) in [4.78, 5) is 26.1. The number of amides is 2. The number of halogens is 1. The molecule has 24 heavy (non-hydrogen) atoms. The predicted octanol–water partition coefficient (Wildman–Crippen LogP) is 1.89. The zero-order chi connectivity index (χ0) is 16.7. The third-order valence-corrected chi connectivity index (χ3v) is 4.29. The Hall–Kier alpha value is -1.59. The van der Waals surface area contributed by atoms with E-state index in [1.54, 1.807) is 0 Å². The van der Waals surface area contributed by atoms with E-state index < -0.39 is 6.04 Å². The highest BCUT2D eigenvalue weighted by Gasteiger charge is 2.28. The zero-order valence-corrected chi connectivity index (χ0v) is 15.1. The van der Waals surface area contributed by atoms with Crippen LogP contribution in [0.3, 0.4) is 0 Å². The number of carbonyl (C=O) groups is 2. The van der Waals surface area contributed by atoms with Crippen molar-refractivity contribution in [1.29, 1.82) is 0 Å². The van der Waals surface area contributed by atoms with Gasteiger partial charge in [0, 0.05) is 25.6 Å². The zero-order valence-electron chi connectivity index (χ0n) is 14.2. The van der Waals surface area contributed by atoms with E-state index in [0.717, 1.165) is 19.3 Å². The summed E-state index contributed by atoms with van der Waals surface area (Å²) in [5, 5.41) is 2.96. The summed E-state index contributed by atoms with van der Waals surface area (Å²) >= 11 is 0. The van der Waals surface area contributed by atoms with Gasteiger partial charge in [-0.25, -0.2) is 0 Å². The summed E-state index contributed by atoms with van der Waals surface area (Å²) in [7, 11) is 0. The summed E-state index contributed by atoms with van der Waals surface area (Å²) in [6.07, 6.45) is 3.66. The average molecular weight is 354 g/mol. The Balaban J connectivity index is 0.00000288. The number of likely N-dealkylation sites (tertiary alicyclic amines) is 1. The van der Waals surface area contributed by atoms with Crippen molar-refractivity contribution >= 4 is 24.2 Å². The Morgan fingerprint density at radius 2 is 2.04 bits per heavy atom. The molecule has 2 rings (SSSR count). The molecule has 0 bridgehead atoms. The molecule has 6 heteroatoms. The van der Waals surface area contributed by atoms with E-state index in [9.17, 15) is 9.59 Å². The lowest BCUT2D eigenvalue weighted by Crippen LogP contribution is -2.46. The van der Waals surface area contributed by atoms with E-state index in [4.69, 9.17) is 5.73 Å². The fourth-order valence-electron chi connectivity index (χ4n) is 2.91. The van der Waals surface area contributed by atoms with Gasteiger partial charge >= 0.3 is 0 Å². The van der Waals surface area contributed by atoms with Crippen LogP contribution in [0.4, 0.5) is 0 Å². The highest BCUT2D eigenvalue weighted by atomic mass is 35.5. The molecule has 0 saturated carbocycles. The molecule has 1 aromatic carbocycles. The van der Waals surface area contributed by atoms with Crippen molar-refractivity contribution in [2.75, 3.05) is 13.1 Å². The second kappa shape index (κ2) is 10.3. The molecule has 134 valence electrons. The number of nitrogens with two attached hydrogens (primary N) is 1. The minimum Gasteiger partial charge on any atom is -0.350 e. The summed E-state index contributed by atoms with van der Waals surface area (Å²) in [5.41, 5.74) is 7.00. The van der Waals surface area contributed by atoms with E-state index in [1.165, 1.54) is 5.56 Å². The first-order valence-corrected chi connectivity index (χ1v) is 8.47. The minimum atomic E-state index is -0.442. The van der Waals surface area contributed by atoms with Crippen molar-refractivity contribution < 1.29 is 9.59 Å². The molecule has 2 atom stereocenters. The van der Waals surface area contributed by atoms with Crippen LogP contribution in [0, 0.1) is 0 Å². The van der Waals surface area contributed by atoms with Crippen LogP contribution in [0.25, 0.3) is 0 Å². The van der Waals surface area contributed by atoms with Crippen molar-refractivity contribution in [3.8, 4) is 0 Å². The Bertz CT molecular complexity index is 524. The van der Waals surface area contributed by atoms with Crippen LogP contribution in [0.2, 0.25) is 0 Å². The second-order valence-electron chi connectivity index (χ2n) is 6.21. The fourth-order valence-corrected chi connectivity index (χ4v) is 2.91. The summed E-state index contributed by atoms with van der Waals surface area (Å²) in [5.74, 6) is 0.0545. The summed E-state index contributed by atoms with van der Waals surface area (Å²) in [6, 6.07) is 9.61. The second-order valence-corrected chi connectivity index (χ2v) is 6.21. The molecule has 0 radical (unpaired) electrons. The molecular formula is C18H28ClN3O2. The Kier molecular flexibility index (Phi) is 8.79. The Morgan fingerprint density at radius 1 is 1.33 bits per heavy atom. The number of benzene rings is 1. The van der Waals surface area contributed by atoms with Gasteiger partial charge in [0.15, 0.2) is 0 Å². The Labute approximate surface area is 150 Å². The highest BCUT2D eigenvalue weighted by Crippen LogP contribution is 2.13. The third kappa shape index (κ3) is 6.13. The topological polar surface area (TPSA) is 75.4 Å². The highest BCUT2D eigenvalue weighted by molar-refractivity contribution is 5.85. The van der Waals surface area contributed by atoms with E-state index in [1.807, 2.05) is 42.2 Å². The van der Waals surface area contributed by atoms with Gasteiger partial charge in [-0.05, 0) is 24.8 Å². The molecule has 5 nitrogen and oxygen atoms in total. The number of hydrogen-bond acceptors (Lipinski definition) is 3. The maximum atomic E-state index is 12.3. The van der Waals surface area contributed by atoms with Gasteiger partial charge in [-0.1, -0.05) is 43.7 Å². The smallest absolute Gasteiger partial charge is 0.237 e. The van der Waals surface area contributed by atoms with Gasteiger partial charge in [0.25, 0.3) is 0 Å². The number of nitrogens with one attached hydrogen (secondary N) is 1. The number of nitrogens with zero attached hydrogens (tertiary/aromatic N) is 1. The normalized spacial score (nSPS) is 17.9. The van der Waals surface area contributed by atoms with Crippen LogP contribution in [-0.2, 0) is 16.0 Å². The van der Waals surface area contributed by atoms with Crippen LogP contribution in [0.5, 0.6) is 0 Å². The molecule has 3 N–H and O–H groups in total. The van der Waals surface area contributed by atoms with E-state index in [-0.39, 0.29) is 30.3 Å². The molecule has 1 aliphatic rings. The van der Waals surface area contributed by atoms with Gasteiger partial charge in [0.05, 0.1) is 6.04 Å². The average Bonchev–Trinajstić information content (AvgIpc) is 3.02. The van der Waals surface area contributed by atoms with E-state index in [0.29, 0.717) is 25.9 Å². The van der Waals surface area contributed by atoms with Gasteiger partial charge in [-0.2, -0.15) is 0 Å². The van der Waals surface area contributed by atoms with Crippen molar-refractivity contribution in [1.82, 2.24) is 10.2 Å². The van der Waals surface area contributed by atoms with Crippen molar-refractivity contribution in [3.63, 3.8) is 0 Å². The molecule has 0 spiro atoms. The maximum absolute atomic E-state index is 12.3. The van der Waals surface area contributed by atoms with Gasteiger partial charge in [0.2, 0.25) is 11.8 Å². The monoisotopic (exact) mass is 353 g/mol. The SMILES string of the molecule is CCCC(N)C(=O)NC1CCN(C(=O)CCc2ccccc2)C1.Cl. The lowest BCUT2D eigenvalue weighted by atomic mass is 10.1. The minimum absolute atomic E-state index is 0. The molecule has 1 fully saturated rings. The lowest BCUT2D eigenvalue weighted by Gasteiger charge is -2.18. The van der Waals surface area contributed by atoms with Crippen molar-refractivity contribution in [2.24, 2.45) is 5.73 Å². The Morgan fingerprint density at radius 3 is 2.71 bits per heavy atom. The fraction of sp³-hybridized carbons (Fsp3) is 0.556. The number of rotatable bonds is 7. The summed E-state index contributed by atoms with van der Waals surface area (Å²) < 4.78 is 0. The summed E-state index contributed by atoms with van der Waals surface area (Å²) in [6.45, 7) is 3.32. The van der Waals surface area contributed by atoms with Crippen LogP contribution in [0.1, 0.15) is 38.2 Å². The largest absolute Gasteiger partial charge is 0.350 e. The molecule has 0 aromatic heterocycles. The lowest BCUT2D eigenvalue weighted by molar-refractivity contribution is -0.130.